The van der Waals surface area contributed by atoms with Crippen molar-refractivity contribution in [3.8, 4) is 0 Å². The van der Waals surface area contributed by atoms with Gasteiger partial charge in [-0.2, -0.15) is 0 Å². The fraction of sp³-hybridized carbons (Fsp3) is 0.571. The molecule has 5 nitrogen and oxygen atoms in total. The Labute approximate surface area is 123 Å². The standard InChI is InChI=1S/C14H21N3O2S/c1-16(9-5-12-4-2-11-20-12)13(18)14(19)17-8-3-6-15-7-10-17/h2,4,11,15H,3,5-10H2,1H3. The fourth-order valence-electron chi connectivity index (χ4n) is 2.18. The predicted octanol–water partition coefficient (Wildman–Crippen LogP) is 0.571. The predicted molar refractivity (Wildman–Crippen MR) is 79.7 cm³/mol. The molecule has 0 unspecified atom stereocenters. The van der Waals surface area contributed by atoms with Gasteiger partial charge in [-0.05, 0) is 30.8 Å². The van der Waals surface area contributed by atoms with Crippen LogP contribution in [-0.4, -0.2) is 61.4 Å². The number of rotatable bonds is 3. The molecule has 1 aliphatic heterocycles. The van der Waals surface area contributed by atoms with Crippen LogP contribution >= 0.6 is 11.3 Å². The first-order valence-electron chi connectivity index (χ1n) is 6.96. The second kappa shape index (κ2) is 7.40. The highest BCUT2D eigenvalue weighted by Crippen LogP contribution is 2.09. The van der Waals surface area contributed by atoms with Gasteiger partial charge in [0.1, 0.15) is 0 Å². The van der Waals surface area contributed by atoms with Crippen LogP contribution < -0.4 is 5.32 Å². The van der Waals surface area contributed by atoms with Crippen LogP contribution in [0.15, 0.2) is 17.5 Å². The largest absolute Gasteiger partial charge is 0.337 e. The van der Waals surface area contributed by atoms with E-state index in [1.165, 1.54) is 9.78 Å². The molecule has 0 aromatic carbocycles. The number of amides is 2. The van der Waals surface area contributed by atoms with Crippen molar-refractivity contribution in [3.63, 3.8) is 0 Å². The van der Waals surface area contributed by atoms with Gasteiger partial charge < -0.3 is 15.1 Å². The molecule has 6 heteroatoms. The normalized spacial score (nSPS) is 15.8. The number of hydrogen-bond donors (Lipinski definition) is 1. The van der Waals surface area contributed by atoms with Gasteiger partial charge in [-0.1, -0.05) is 6.07 Å². The second-order valence-electron chi connectivity index (χ2n) is 4.95. The summed E-state index contributed by atoms with van der Waals surface area (Å²) in [6.07, 6.45) is 1.70. The van der Waals surface area contributed by atoms with Crippen LogP contribution in [0.1, 0.15) is 11.3 Å². The molecule has 1 aromatic heterocycles. The van der Waals surface area contributed by atoms with E-state index in [0.29, 0.717) is 19.6 Å². The summed E-state index contributed by atoms with van der Waals surface area (Å²) >= 11 is 1.67. The first-order valence-corrected chi connectivity index (χ1v) is 7.84. The molecular formula is C14H21N3O2S. The van der Waals surface area contributed by atoms with Gasteiger partial charge in [0.2, 0.25) is 0 Å². The van der Waals surface area contributed by atoms with Crippen molar-refractivity contribution in [2.75, 3.05) is 39.8 Å². The first-order chi connectivity index (χ1) is 9.68. The lowest BCUT2D eigenvalue weighted by atomic mass is 10.3. The van der Waals surface area contributed by atoms with Crippen LogP contribution in [0.5, 0.6) is 0 Å². The maximum Gasteiger partial charge on any atom is 0.312 e. The molecule has 0 atom stereocenters. The molecular weight excluding hydrogens is 274 g/mol. The molecule has 0 radical (unpaired) electrons. The Bertz CT molecular complexity index is 439. The third-order valence-electron chi connectivity index (χ3n) is 3.43. The zero-order chi connectivity index (χ0) is 14.4. The molecule has 0 spiro atoms. The highest BCUT2D eigenvalue weighted by Gasteiger charge is 2.25. The van der Waals surface area contributed by atoms with Crippen molar-refractivity contribution in [1.82, 2.24) is 15.1 Å². The van der Waals surface area contributed by atoms with Crippen LogP contribution in [-0.2, 0) is 16.0 Å². The number of nitrogens with zero attached hydrogens (tertiary/aromatic N) is 2. The van der Waals surface area contributed by atoms with Gasteiger partial charge in [0.25, 0.3) is 0 Å². The second-order valence-corrected chi connectivity index (χ2v) is 5.98. The van der Waals surface area contributed by atoms with Gasteiger partial charge in [0, 0.05) is 38.1 Å². The lowest BCUT2D eigenvalue weighted by Crippen LogP contribution is -2.45. The lowest BCUT2D eigenvalue weighted by Gasteiger charge is -2.23. The van der Waals surface area contributed by atoms with Gasteiger partial charge >= 0.3 is 11.8 Å². The quantitative estimate of drug-likeness (QED) is 0.830. The van der Waals surface area contributed by atoms with Gasteiger partial charge in [0.15, 0.2) is 0 Å². The van der Waals surface area contributed by atoms with Crippen LogP contribution in [0.3, 0.4) is 0 Å². The molecule has 1 aliphatic rings. The van der Waals surface area contributed by atoms with E-state index >= 15 is 0 Å². The molecule has 0 saturated carbocycles. The van der Waals surface area contributed by atoms with Gasteiger partial charge in [-0.3, -0.25) is 9.59 Å². The lowest BCUT2D eigenvalue weighted by molar-refractivity contribution is -0.150. The van der Waals surface area contributed by atoms with E-state index in [9.17, 15) is 9.59 Å². The Hall–Kier alpha value is -1.40. The van der Waals surface area contributed by atoms with E-state index in [4.69, 9.17) is 0 Å². The molecule has 2 rings (SSSR count). The topological polar surface area (TPSA) is 52.7 Å². The molecule has 0 bridgehead atoms. The molecule has 2 amide bonds. The Morgan fingerprint density at radius 2 is 2.25 bits per heavy atom. The Balaban J connectivity index is 1.83. The maximum atomic E-state index is 12.2. The third-order valence-corrected chi connectivity index (χ3v) is 4.37. The number of likely N-dealkylation sites (N-methyl/N-ethyl adjacent to an activating group) is 1. The number of nitrogens with one attached hydrogen (secondary N) is 1. The van der Waals surface area contributed by atoms with Crippen molar-refractivity contribution in [1.29, 1.82) is 0 Å². The van der Waals surface area contributed by atoms with E-state index in [1.54, 1.807) is 23.3 Å². The number of carbonyl (C=O) groups is 2. The zero-order valence-electron chi connectivity index (χ0n) is 11.8. The van der Waals surface area contributed by atoms with E-state index in [2.05, 4.69) is 5.32 Å². The highest BCUT2D eigenvalue weighted by molar-refractivity contribution is 7.09. The smallest absolute Gasteiger partial charge is 0.312 e. The summed E-state index contributed by atoms with van der Waals surface area (Å²) in [6, 6.07) is 4.04. The zero-order valence-corrected chi connectivity index (χ0v) is 12.6. The van der Waals surface area contributed by atoms with E-state index < -0.39 is 5.91 Å². The first kappa shape index (κ1) is 15.0. The minimum Gasteiger partial charge on any atom is -0.337 e. The average molecular weight is 295 g/mol. The van der Waals surface area contributed by atoms with E-state index in [-0.39, 0.29) is 5.91 Å². The number of hydrogen-bond acceptors (Lipinski definition) is 4. The summed E-state index contributed by atoms with van der Waals surface area (Å²) in [5.74, 6) is -0.772. The molecule has 1 saturated heterocycles. The summed E-state index contributed by atoms with van der Waals surface area (Å²) in [4.78, 5) is 28.7. The molecule has 2 heterocycles. The van der Waals surface area contributed by atoms with Crippen LogP contribution in [0.2, 0.25) is 0 Å². The molecule has 1 fully saturated rings. The highest BCUT2D eigenvalue weighted by atomic mass is 32.1. The molecule has 1 N–H and O–H groups in total. The Kier molecular flexibility index (Phi) is 5.55. The van der Waals surface area contributed by atoms with Crippen LogP contribution in [0, 0.1) is 0 Å². The SMILES string of the molecule is CN(CCc1cccs1)C(=O)C(=O)N1CCCNCC1. The molecule has 0 aliphatic carbocycles. The maximum absolute atomic E-state index is 12.2. The monoisotopic (exact) mass is 295 g/mol. The number of thiophene rings is 1. The van der Waals surface area contributed by atoms with Crippen molar-refractivity contribution < 1.29 is 9.59 Å². The van der Waals surface area contributed by atoms with Crippen molar-refractivity contribution >= 4 is 23.2 Å². The summed E-state index contributed by atoms with van der Waals surface area (Å²) in [6.45, 7) is 3.53. The molecule has 20 heavy (non-hydrogen) atoms. The molecule has 1 aromatic rings. The Morgan fingerprint density at radius 1 is 1.40 bits per heavy atom. The summed E-state index contributed by atoms with van der Waals surface area (Å²) in [5.41, 5.74) is 0. The van der Waals surface area contributed by atoms with E-state index in [0.717, 1.165) is 25.9 Å². The average Bonchev–Trinajstić information content (AvgIpc) is 2.83. The summed E-state index contributed by atoms with van der Waals surface area (Å²) in [7, 11) is 1.70. The number of carbonyl (C=O) groups excluding carboxylic acids is 2. The Morgan fingerprint density at radius 3 is 3.00 bits per heavy atom. The van der Waals surface area contributed by atoms with Crippen molar-refractivity contribution in [2.24, 2.45) is 0 Å². The van der Waals surface area contributed by atoms with Crippen molar-refractivity contribution in [3.05, 3.63) is 22.4 Å². The van der Waals surface area contributed by atoms with Crippen LogP contribution in [0.4, 0.5) is 0 Å². The minimum atomic E-state index is -0.400. The van der Waals surface area contributed by atoms with Gasteiger partial charge in [-0.25, -0.2) is 0 Å². The third kappa shape index (κ3) is 4.05. The summed E-state index contributed by atoms with van der Waals surface area (Å²) < 4.78 is 0. The van der Waals surface area contributed by atoms with Gasteiger partial charge in [-0.15, -0.1) is 11.3 Å². The van der Waals surface area contributed by atoms with Crippen molar-refractivity contribution in [2.45, 2.75) is 12.8 Å². The minimum absolute atomic E-state index is 0.373. The van der Waals surface area contributed by atoms with Gasteiger partial charge in [0.05, 0.1) is 0 Å². The molecule has 110 valence electrons. The fourth-order valence-corrected chi connectivity index (χ4v) is 2.88. The summed E-state index contributed by atoms with van der Waals surface area (Å²) in [5, 5.41) is 5.25. The van der Waals surface area contributed by atoms with Crippen LogP contribution in [0.25, 0.3) is 0 Å². The van der Waals surface area contributed by atoms with E-state index in [1.807, 2.05) is 17.5 Å².